The van der Waals surface area contributed by atoms with Gasteiger partial charge in [0.1, 0.15) is 40.3 Å². The Morgan fingerprint density at radius 3 is 2.05 bits per heavy atom. The molecule has 208 valence electrons. The molecule has 0 saturated heterocycles. The quantitative estimate of drug-likeness (QED) is 0.178. The molecule has 39 heavy (non-hydrogen) atoms. The number of ether oxygens (including phenoxy) is 4. The van der Waals surface area contributed by atoms with E-state index >= 15 is 0 Å². The van der Waals surface area contributed by atoms with Gasteiger partial charge in [0.15, 0.2) is 5.78 Å². The van der Waals surface area contributed by atoms with Crippen molar-refractivity contribution in [2.24, 2.45) is 5.92 Å². The second kappa shape index (κ2) is 15.1. The predicted octanol–water partition coefficient (Wildman–Crippen LogP) is 5.48. The maximum Gasteiger partial charge on any atom is 0.342 e. The number of methoxy groups -OCH3 is 2. The fourth-order valence-electron chi connectivity index (χ4n) is 3.64. The van der Waals surface area contributed by atoms with Crippen molar-refractivity contribution in [3.05, 3.63) is 71.5 Å². The Balaban J connectivity index is 0.000000274. The summed E-state index contributed by atoms with van der Waals surface area (Å²) >= 11 is 0. The summed E-state index contributed by atoms with van der Waals surface area (Å²) in [5, 5.41) is 0. The first-order chi connectivity index (χ1) is 18.6. The van der Waals surface area contributed by atoms with Gasteiger partial charge in [-0.1, -0.05) is 24.3 Å². The molecule has 0 aliphatic carbocycles. The second-order valence-corrected chi connectivity index (χ2v) is 8.36. The summed E-state index contributed by atoms with van der Waals surface area (Å²) in [6, 6.07) is 15.5. The number of hydrogen-bond donors (Lipinski definition) is 0. The lowest BCUT2D eigenvalue weighted by atomic mass is 9.93. The van der Waals surface area contributed by atoms with Gasteiger partial charge in [0.05, 0.1) is 27.4 Å². The highest BCUT2D eigenvalue weighted by atomic mass is 16.5. The van der Waals surface area contributed by atoms with Crippen LogP contribution in [0, 0.1) is 12.8 Å². The molecular weight excluding hydrogens is 504 g/mol. The van der Waals surface area contributed by atoms with Crippen LogP contribution in [0.3, 0.4) is 0 Å². The number of hydrogen-bond acceptors (Lipinski definition) is 9. The monoisotopic (exact) mass is 538 g/mol. The van der Waals surface area contributed by atoms with Gasteiger partial charge in [0.25, 0.3) is 0 Å². The van der Waals surface area contributed by atoms with Crippen LogP contribution in [0.4, 0.5) is 0 Å². The number of carbonyl (C=O) groups excluding carboxylic acids is 4. The topological polar surface area (TPSA) is 118 Å². The van der Waals surface area contributed by atoms with Crippen molar-refractivity contribution in [2.75, 3.05) is 27.4 Å². The summed E-state index contributed by atoms with van der Waals surface area (Å²) in [7, 11) is 3.08. The number of Topliss-reactive ketones (excluding diaryl/α,β-unsaturated/α-hetero) is 2. The van der Waals surface area contributed by atoms with E-state index in [1.54, 1.807) is 52.1 Å². The van der Waals surface area contributed by atoms with Crippen LogP contribution in [-0.2, 0) is 19.1 Å². The van der Waals surface area contributed by atoms with Crippen molar-refractivity contribution in [1.82, 2.24) is 0 Å². The van der Waals surface area contributed by atoms with Crippen LogP contribution in [0.2, 0.25) is 0 Å². The van der Waals surface area contributed by atoms with Crippen LogP contribution in [0.5, 0.6) is 11.5 Å². The molecule has 0 fully saturated rings. The maximum absolute atomic E-state index is 12.4. The van der Waals surface area contributed by atoms with E-state index in [4.69, 9.17) is 23.4 Å². The minimum atomic E-state index is -1.10. The van der Waals surface area contributed by atoms with Crippen molar-refractivity contribution < 1.29 is 42.5 Å². The van der Waals surface area contributed by atoms with Gasteiger partial charge in [0.2, 0.25) is 0 Å². The molecule has 1 atom stereocenters. The van der Waals surface area contributed by atoms with Crippen LogP contribution < -0.4 is 9.47 Å². The Bertz CT molecular complexity index is 1290. The van der Waals surface area contributed by atoms with Crippen LogP contribution in [0.25, 0.3) is 11.3 Å². The third-order valence-electron chi connectivity index (χ3n) is 5.42. The third-order valence-corrected chi connectivity index (χ3v) is 5.42. The Morgan fingerprint density at radius 1 is 0.846 bits per heavy atom. The molecule has 9 nitrogen and oxygen atoms in total. The highest BCUT2D eigenvalue weighted by molar-refractivity contribution is 6.10. The van der Waals surface area contributed by atoms with E-state index in [0.717, 1.165) is 5.56 Å². The van der Waals surface area contributed by atoms with Crippen molar-refractivity contribution in [3.63, 3.8) is 0 Å². The van der Waals surface area contributed by atoms with Crippen molar-refractivity contribution in [3.8, 4) is 22.8 Å². The number of furan rings is 1. The minimum absolute atomic E-state index is 0.158. The highest BCUT2D eigenvalue weighted by Crippen LogP contribution is 2.30. The van der Waals surface area contributed by atoms with Gasteiger partial charge in [-0.25, -0.2) is 4.79 Å². The smallest absolute Gasteiger partial charge is 0.342 e. The van der Waals surface area contributed by atoms with Crippen molar-refractivity contribution >= 4 is 23.5 Å². The van der Waals surface area contributed by atoms with Gasteiger partial charge in [-0.05, 0) is 58.0 Å². The lowest BCUT2D eigenvalue weighted by Gasteiger charge is -2.13. The van der Waals surface area contributed by atoms with Crippen LogP contribution in [-0.4, -0.2) is 50.9 Å². The Hall–Kier alpha value is -4.40. The largest absolute Gasteiger partial charge is 0.497 e. The summed E-state index contributed by atoms with van der Waals surface area (Å²) in [5.74, 6) is -0.414. The molecule has 0 bridgehead atoms. The van der Waals surface area contributed by atoms with E-state index in [9.17, 15) is 19.2 Å². The average molecular weight is 539 g/mol. The molecule has 0 aliphatic heterocycles. The van der Waals surface area contributed by atoms with E-state index < -0.39 is 17.7 Å². The molecule has 1 aromatic heterocycles. The van der Waals surface area contributed by atoms with E-state index in [1.807, 2.05) is 24.3 Å². The van der Waals surface area contributed by atoms with Gasteiger partial charge in [-0.3, -0.25) is 14.4 Å². The molecule has 1 unspecified atom stereocenters. The lowest BCUT2D eigenvalue weighted by molar-refractivity contribution is -0.147. The van der Waals surface area contributed by atoms with Gasteiger partial charge >= 0.3 is 11.9 Å². The number of rotatable bonds is 11. The number of ketones is 2. The number of aryl methyl sites for hydroxylation is 1. The van der Waals surface area contributed by atoms with Gasteiger partial charge in [-0.2, -0.15) is 0 Å². The van der Waals surface area contributed by atoms with Crippen LogP contribution in [0.1, 0.15) is 53.7 Å². The molecule has 3 rings (SSSR count). The molecule has 9 heteroatoms. The molecule has 2 aromatic carbocycles. The molecule has 0 aliphatic rings. The molecule has 1 heterocycles. The highest BCUT2D eigenvalue weighted by Gasteiger charge is 2.30. The summed E-state index contributed by atoms with van der Waals surface area (Å²) in [4.78, 5) is 47.3. The van der Waals surface area contributed by atoms with Gasteiger partial charge < -0.3 is 23.4 Å². The average Bonchev–Trinajstić information content (AvgIpc) is 3.33. The number of benzene rings is 2. The van der Waals surface area contributed by atoms with Crippen LogP contribution >= 0.6 is 0 Å². The van der Waals surface area contributed by atoms with E-state index in [1.165, 1.54) is 20.1 Å². The molecule has 0 N–H and O–H groups in total. The standard InChI is InChI=1S/C15H18O5.C15H16O4/c1-4-20-15(18)13(8-10(2)16)14(17)11-6-5-7-12(9-11)19-3;1-4-18-15(16)13-8-10(2)19-14(13)11-6-5-7-12(9-11)17-3/h5-7,9,13H,4,8H2,1-3H3;5-9H,4H2,1-3H3. The molecule has 0 amide bonds. The first-order valence-electron chi connectivity index (χ1n) is 12.4. The summed E-state index contributed by atoms with van der Waals surface area (Å²) < 4.78 is 25.7. The Morgan fingerprint density at radius 2 is 1.46 bits per heavy atom. The SMILES string of the molecule is CCOC(=O)C(CC(C)=O)C(=O)c1cccc(OC)c1.CCOC(=O)c1cc(C)oc1-c1cccc(OC)c1. The zero-order chi connectivity index (χ0) is 28.9. The Labute approximate surface area is 228 Å². The predicted molar refractivity (Wildman–Crippen MR) is 144 cm³/mol. The van der Waals surface area contributed by atoms with Crippen molar-refractivity contribution in [2.45, 2.75) is 34.1 Å². The second-order valence-electron chi connectivity index (χ2n) is 8.36. The molecule has 3 aromatic rings. The Kier molecular flexibility index (Phi) is 11.9. The third kappa shape index (κ3) is 8.84. The fraction of sp³-hybridized carbons (Fsp3) is 0.333. The van der Waals surface area contributed by atoms with Gasteiger partial charge in [-0.15, -0.1) is 0 Å². The van der Waals surface area contributed by atoms with Crippen molar-refractivity contribution in [1.29, 1.82) is 0 Å². The minimum Gasteiger partial charge on any atom is -0.497 e. The summed E-state index contributed by atoms with van der Waals surface area (Å²) in [5.41, 5.74) is 1.55. The zero-order valence-corrected chi connectivity index (χ0v) is 23.1. The fourth-order valence-corrected chi connectivity index (χ4v) is 3.64. The zero-order valence-electron chi connectivity index (χ0n) is 23.1. The summed E-state index contributed by atoms with van der Waals surface area (Å²) in [6.07, 6.45) is -0.158. The number of esters is 2. The molecule has 0 spiro atoms. The molecular formula is C30H34O9. The normalized spacial score (nSPS) is 10.9. The lowest BCUT2D eigenvalue weighted by Crippen LogP contribution is -2.28. The maximum atomic E-state index is 12.4. The van der Waals surface area contributed by atoms with E-state index in [2.05, 4.69) is 0 Å². The van der Waals surface area contributed by atoms with E-state index in [0.29, 0.717) is 40.8 Å². The molecule has 0 saturated carbocycles. The molecule has 0 radical (unpaired) electrons. The number of carbonyl (C=O) groups is 4. The van der Waals surface area contributed by atoms with Gasteiger partial charge in [0, 0.05) is 17.5 Å². The first kappa shape index (κ1) is 30.8. The van der Waals surface area contributed by atoms with E-state index in [-0.39, 0.29) is 24.8 Å². The first-order valence-corrected chi connectivity index (χ1v) is 12.4. The van der Waals surface area contributed by atoms with Crippen LogP contribution in [0.15, 0.2) is 59.0 Å². The summed E-state index contributed by atoms with van der Waals surface area (Å²) in [6.45, 7) is 7.06.